The van der Waals surface area contributed by atoms with Gasteiger partial charge in [0.2, 0.25) is 0 Å². The van der Waals surface area contributed by atoms with E-state index in [4.69, 9.17) is 4.74 Å². The lowest BCUT2D eigenvalue weighted by atomic mass is 10.1. The van der Waals surface area contributed by atoms with Crippen molar-refractivity contribution in [3.8, 4) is 11.4 Å². The average molecular weight is 484 g/mol. The first-order valence-electron chi connectivity index (χ1n) is 11.4. The van der Waals surface area contributed by atoms with Crippen LogP contribution in [0.2, 0.25) is 0 Å². The zero-order valence-corrected chi connectivity index (χ0v) is 20.4. The number of hydrogen-bond acceptors (Lipinski definition) is 6. The third-order valence-corrected chi connectivity index (χ3v) is 6.83. The van der Waals surface area contributed by atoms with Crippen LogP contribution >= 0.6 is 11.3 Å². The number of nitrogens with one attached hydrogen (secondary N) is 1. The number of carbonyl (C=O) groups is 1. The predicted octanol–water partition coefficient (Wildman–Crippen LogP) is 5.05. The van der Waals surface area contributed by atoms with Gasteiger partial charge in [-0.25, -0.2) is 9.97 Å². The molecule has 0 aliphatic carbocycles. The normalized spacial score (nSPS) is 11.0. The number of imidazole rings is 1. The van der Waals surface area contributed by atoms with Crippen molar-refractivity contribution in [2.24, 2.45) is 0 Å². The number of carbonyl (C=O) groups excluding carboxylic acids is 1. The lowest BCUT2D eigenvalue weighted by molar-refractivity contribution is 0.0951. The highest BCUT2D eigenvalue weighted by Gasteiger charge is 2.11. The average Bonchev–Trinajstić information content (AvgIpc) is 3.45. The second-order valence-corrected chi connectivity index (χ2v) is 9.48. The molecule has 0 spiro atoms. The number of thiazole rings is 1. The molecule has 3 aromatic heterocycles. The first-order valence-corrected chi connectivity index (χ1v) is 12.2. The van der Waals surface area contributed by atoms with E-state index in [0.29, 0.717) is 18.7 Å². The van der Waals surface area contributed by atoms with Crippen LogP contribution in [0.1, 0.15) is 31.5 Å². The van der Waals surface area contributed by atoms with Crippen LogP contribution in [0.25, 0.3) is 16.7 Å². The molecule has 8 heteroatoms. The summed E-state index contributed by atoms with van der Waals surface area (Å²) in [5.41, 5.74) is 5.28. The number of fused-ring (bicyclic) bond motifs is 1. The largest absolute Gasteiger partial charge is 0.493 e. The zero-order chi connectivity index (χ0) is 24.2. The van der Waals surface area contributed by atoms with E-state index in [1.807, 2.05) is 73.0 Å². The molecule has 7 nitrogen and oxygen atoms in total. The van der Waals surface area contributed by atoms with Crippen molar-refractivity contribution in [2.45, 2.75) is 26.8 Å². The van der Waals surface area contributed by atoms with E-state index >= 15 is 0 Å². The molecule has 3 heterocycles. The van der Waals surface area contributed by atoms with Crippen LogP contribution in [0.5, 0.6) is 5.75 Å². The molecule has 0 aliphatic rings. The number of benzene rings is 2. The minimum Gasteiger partial charge on any atom is -0.493 e. The monoisotopic (exact) mass is 483 g/mol. The highest BCUT2D eigenvalue weighted by atomic mass is 32.1. The lowest BCUT2D eigenvalue weighted by Gasteiger charge is -2.09. The van der Waals surface area contributed by atoms with Crippen molar-refractivity contribution < 1.29 is 9.53 Å². The Kier molecular flexibility index (Phi) is 6.54. The van der Waals surface area contributed by atoms with E-state index in [1.54, 1.807) is 30.1 Å². The van der Waals surface area contributed by atoms with Gasteiger partial charge in [0.25, 0.3) is 5.91 Å². The number of amides is 1. The first-order chi connectivity index (χ1) is 17.1. The molecule has 0 bridgehead atoms. The number of ether oxygens (including phenoxy) is 1. The van der Waals surface area contributed by atoms with Gasteiger partial charge >= 0.3 is 0 Å². The van der Waals surface area contributed by atoms with Crippen LogP contribution in [0, 0.1) is 13.8 Å². The van der Waals surface area contributed by atoms with Crippen LogP contribution in [-0.2, 0) is 13.0 Å². The molecule has 0 aliphatic heterocycles. The smallest absolute Gasteiger partial charge is 0.251 e. The summed E-state index contributed by atoms with van der Waals surface area (Å²) in [6.07, 6.45) is 6.07. The summed E-state index contributed by atoms with van der Waals surface area (Å²) in [6.45, 7) is 5.11. The Hall–Kier alpha value is -4.04. The maximum Gasteiger partial charge on any atom is 0.251 e. The van der Waals surface area contributed by atoms with Crippen molar-refractivity contribution in [1.82, 2.24) is 24.8 Å². The van der Waals surface area contributed by atoms with Crippen molar-refractivity contribution in [1.29, 1.82) is 0 Å². The Morgan fingerprint density at radius 3 is 2.71 bits per heavy atom. The third kappa shape index (κ3) is 5.22. The first kappa shape index (κ1) is 22.7. The Bertz CT molecular complexity index is 1460. The zero-order valence-electron chi connectivity index (χ0n) is 19.6. The van der Waals surface area contributed by atoms with Gasteiger partial charge in [-0.05, 0) is 67.9 Å². The van der Waals surface area contributed by atoms with E-state index in [2.05, 4.69) is 20.3 Å². The molecule has 2 aromatic carbocycles. The van der Waals surface area contributed by atoms with Gasteiger partial charge in [0, 0.05) is 41.5 Å². The molecule has 0 saturated carbocycles. The van der Waals surface area contributed by atoms with Gasteiger partial charge < -0.3 is 10.1 Å². The maximum atomic E-state index is 12.6. The van der Waals surface area contributed by atoms with E-state index in [9.17, 15) is 4.79 Å². The van der Waals surface area contributed by atoms with Crippen molar-refractivity contribution in [2.75, 3.05) is 6.61 Å². The fourth-order valence-corrected chi connectivity index (χ4v) is 4.83. The highest BCUT2D eigenvalue weighted by Crippen LogP contribution is 2.23. The van der Waals surface area contributed by atoms with Crippen LogP contribution in [0.4, 0.5) is 0 Å². The molecule has 0 fully saturated rings. The van der Waals surface area contributed by atoms with Gasteiger partial charge in [0.1, 0.15) is 12.1 Å². The summed E-state index contributed by atoms with van der Waals surface area (Å²) in [4.78, 5) is 26.9. The summed E-state index contributed by atoms with van der Waals surface area (Å²) >= 11 is 1.73. The Morgan fingerprint density at radius 2 is 1.97 bits per heavy atom. The van der Waals surface area contributed by atoms with Crippen LogP contribution in [-0.4, -0.2) is 32.0 Å². The molecule has 35 heavy (non-hydrogen) atoms. The van der Waals surface area contributed by atoms with Crippen molar-refractivity contribution >= 4 is 28.3 Å². The van der Waals surface area contributed by atoms with Gasteiger partial charge in [-0.1, -0.05) is 6.07 Å². The third-order valence-electron chi connectivity index (χ3n) is 5.70. The molecule has 0 radical (unpaired) electrons. The fraction of sp³-hybridized carbons (Fsp3) is 0.185. The van der Waals surface area contributed by atoms with E-state index in [1.165, 1.54) is 4.88 Å². The molecular weight excluding hydrogens is 458 g/mol. The van der Waals surface area contributed by atoms with E-state index < -0.39 is 0 Å². The molecule has 5 rings (SSSR count). The summed E-state index contributed by atoms with van der Waals surface area (Å²) in [5.74, 6) is 0.681. The second kappa shape index (κ2) is 10.1. The van der Waals surface area contributed by atoms with Crippen molar-refractivity contribution in [3.63, 3.8) is 0 Å². The predicted molar refractivity (Wildman–Crippen MR) is 137 cm³/mol. The number of pyridine rings is 1. The standard InChI is InChI=1S/C27H25N5O2S/c1-18-26(35-19(2)31-18)11-13-34-23-8-6-22(7-9-23)32-17-30-24-14-21(5-10-25(24)32)27(33)29-16-20-4-3-12-28-15-20/h3-10,12,14-15,17H,11,13,16H2,1-2H3,(H,29,33). The molecular formula is C27H25N5O2S. The van der Waals surface area contributed by atoms with Crippen LogP contribution in [0.3, 0.4) is 0 Å². The minimum atomic E-state index is -0.143. The molecule has 1 N–H and O–H groups in total. The molecule has 1 amide bonds. The quantitative estimate of drug-likeness (QED) is 0.334. The number of hydrogen-bond donors (Lipinski definition) is 1. The topological polar surface area (TPSA) is 81.9 Å². The Labute approximate surface area is 207 Å². The van der Waals surface area contributed by atoms with Gasteiger partial charge in [0.15, 0.2) is 0 Å². The molecule has 0 saturated heterocycles. The maximum absolute atomic E-state index is 12.6. The molecule has 176 valence electrons. The summed E-state index contributed by atoms with van der Waals surface area (Å²) < 4.78 is 7.94. The number of rotatable bonds is 8. The SMILES string of the molecule is Cc1nc(C)c(CCOc2ccc(-n3cnc4cc(C(=O)NCc5cccnc5)ccc43)cc2)s1. The fourth-order valence-electron chi connectivity index (χ4n) is 3.92. The molecule has 0 unspecified atom stereocenters. The minimum absolute atomic E-state index is 0.143. The summed E-state index contributed by atoms with van der Waals surface area (Å²) in [7, 11) is 0. The van der Waals surface area contributed by atoms with Gasteiger partial charge in [0.05, 0.1) is 28.3 Å². The summed E-state index contributed by atoms with van der Waals surface area (Å²) in [6, 6.07) is 17.3. The molecule has 0 atom stereocenters. The molecule has 5 aromatic rings. The van der Waals surface area contributed by atoms with Gasteiger partial charge in [-0.3, -0.25) is 14.3 Å². The highest BCUT2D eigenvalue weighted by molar-refractivity contribution is 7.11. The Morgan fingerprint density at radius 1 is 1.11 bits per heavy atom. The summed E-state index contributed by atoms with van der Waals surface area (Å²) in [5, 5.41) is 4.02. The van der Waals surface area contributed by atoms with Gasteiger partial charge in [-0.2, -0.15) is 0 Å². The number of aromatic nitrogens is 4. The Balaban J connectivity index is 1.23. The van der Waals surface area contributed by atoms with E-state index in [-0.39, 0.29) is 5.91 Å². The van der Waals surface area contributed by atoms with Gasteiger partial charge in [-0.15, -0.1) is 11.3 Å². The van der Waals surface area contributed by atoms with Crippen LogP contribution < -0.4 is 10.1 Å². The van der Waals surface area contributed by atoms with Crippen molar-refractivity contribution in [3.05, 3.63) is 100 Å². The lowest BCUT2D eigenvalue weighted by Crippen LogP contribution is -2.22. The van der Waals surface area contributed by atoms with Crippen LogP contribution in [0.15, 0.2) is 73.3 Å². The van der Waals surface area contributed by atoms with E-state index in [0.717, 1.165) is 45.2 Å². The number of nitrogens with zero attached hydrogens (tertiary/aromatic N) is 4. The number of aryl methyl sites for hydroxylation is 2. The second-order valence-electron chi connectivity index (χ2n) is 8.20.